The predicted octanol–water partition coefficient (Wildman–Crippen LogP) is 1.97. The SMILES string of the molecule is CN(C)C(=O)c1cc(NN)cc(C(C)(C)C)c1. The van der Waals surface area contributed by atoms with E-state index in [1.165, 1.54) is 0 Å². The smallest absolute Gasteiger partial charge is 0.253 e. The maximum atomic E-state index is 11.9. The number of nitrogen functional groups attached to an aromatic ring is 1. The molecule has 0 bridgehead atoms. The van der Waals surface area contributed by atoms with Crippen molar-refractivity contribution in [3.8, 4) is 0 Å². The lowest BCUT2D eigenvalue weighted by molar-refractivity contribution is 0.0827. The van der Waals surface area contributed by atoms with Gasteiger partial charge in [0.05, 0.1) is 0 Å². The molecule has 0 saturated heterocycles. The minimum Gasteiger partial charge on any atom is -0.345 e. The molecule has 4 heteroatoms. The Morgan fingerprint density at radius 1 is 1.24 bits per heavy atom. The zero-order chi connectivity index (χ0) is 13.2. The van der Waals surface area contributed by atoms with Gasteiger partial charge >= 0.3 is 0 Å². The van der Waals surface area contributed by atoms with Crippen LogP contribution in [-0.4, -0.2) is 24.9 Å². The molecule has 3 N–H and O–H groups in total. The second-order valence-corrected chi connectivity index (χ2v) is 5.39. The molecule has 94 valence electrons. The van der Waals surface area contributed by atoms with Crippen molar-refractivity contribution in [2.24, 2.45) is 5.84 Å². The van der Waals surface area contributed by atoms with Crippen molar-refractivity contribution in [1.29, 1.82) is 0 Å². The van der Waals surface area contributed by atoms with Gasteiger partial charge in [-0.25, -0.2) is 0 Å². The Balaban J connectivity index is 3.28. The first kappa shape index (κ1) is 13.5. The van der Waals surface area contributed by atoms with Crippen molar-refractivity contribution in [1.82, 2.24) is 4.90 Å². The minimum absolute atomic E-state index is 0.0196. The second kappa shape index (κ2) is 4.75. The van der Waals surface area contributed by atoms with Gasteiger partial charge in [-0.05, 0) is 29.2 Å². The largest absolute Gasteiger partial charge is 0.345 e. The Hall–Kier alpha value is -1.55. The van der Waals surface area contributed by atoms with Crippen LogP contribution >= 0.6 is 0 Å². The number of nitrogens with one attached hydrogen (secondary N) is 1. The molecule has 0 unspecified atom stereocenters. The molecule has 17 heavy (non-hydrogen) atoms. The number of carbonyl (C=O) groups is 1. The van der Waals surface area contributed by atoms with Crippen LogP contribution in [0.5, 0.6) is 0 Å². The summed E-state index contributed by atoms with van der Waals surface area (Å²) < 4.78 is 0. The average molecular weight is 235 g/mol. The minimum atomic E-state index is -0.0207. The lowest BCUT2D eigenvalue weighted by Gasteiger charge is -2.21. The molecule has 0 saturated carbocycles. The second-order valence-electron chi connectivity index (χ2n) is 5.39. The number of hydrazine groups is 1. The van der Waals surface area contributed by atoms with Crippen LogP contribution in [0.25, 0.3) is 0 Å². The van der Waals surface area contributed by atoms with E-state index in [1.54, 1.807) is 25.1 Å². The van der Waals surface area contributed by atoms with Gasteiger partial charge in [-0.15, -0.1) is 0 Å². The van der Waals surface area contributed by atoms with E-state index in [1.807, 2.05) is 12.1 Å². The topological polar surface area (TPSA) is 58.4 Å². The van der Waals surface area contributed by atoms with Crippen LogP contribution in [-0.2, 0) is 5.41 Å². The van der Waals surface area contributed by atoms with E-state index >= 15 is 0 Å². The maximum Gasteiger partial charge on any atom is 0.253 e. The highest BCUT2D eigenvalue weighted by Crippen LogP contribution is 2.26. The van der Waals surface area contributed by atoms with Gasteiger partial charge in [-0.1, -0.05) is 20.8 Å². The van der Waals surface area contributed by atoms with Crippen LogP contribution < -0.4 is 11.3 Å². The van der Waals surface area contributed by atoms with Gasteiger partial charge < -0.3 is 10.3 Å². The number of rotatable bonds is 2. The highest BCUT2D eigenvalue weighted by Gasteiger charge is 2.18. The number of amides is 1. The fraction of sp³-hybridized carbons (Fsp3) is 0.462. The third-order valence-electron chi connectivity index (χ3n) is 2.62. The Bertz CT molecular complexity index is 419. The van der Waals surface area contributed by atoms with Crippen LogP contribution in [0.15, 0.2) is 18.2 Å². The van der Waals surface area contributed by atoms with Gasteiger partial charge in [-0.2, -0.15) is 0 Å². The van der Waals surface area contributed by atoms with Crippen LogP contribution in [0, 0.1) is 0 Å². The van der Waals surface area contributed by atoms with E-state index in [-0.39, 0.29) is 11.3 Å². The van der Waals surface area contributed by atoms with Crippen molar-refractivity contribution < 1.29 is 4.79 Å². The van der Waals surface area contributed by atoms with Gasteiger partial charge in [0.2, 0.25) is 0 Å². The maximum absolute atomic E-state index is 11.9. The number of anilines is 1. The number of nitrogens with zero attached hydrogens (tertiary/aromatic N) is 1. The van der Waals surface area contributed by atoms with Crippen molar-refractivity contribution in [3.05, 3.63) is 29.3 Å². The summed E-state index contributed by atoms with van der Waals surface area (Å²) in [6.07, 6.45) is 0. The fourth-order valence-electron chi connectivity index (χ4n) is 1.53. The summed E-state index contributed by atoms with van der Waals surface area (Å²) in [7, 11) is 3.48. The Morgan fingerprint density at radius 2 is 1.82 bits per heavy atom. The molecule has 0 atom stereocenters. The van der Waals surface area contributed by atoms with Crippen LogP contribution in [0.4, 0.5) is 5.69 Å². The van der Waals surface area contributed by atoms with Crippen LogP contribution in [0.1, 0.15) is 36.7 Å². The Labute approximate surface area is 103 Å². The fourth-order valence-corrected chi connectivity index (χ4v) is 1.53. The number of carbonyl (C=O) groups excluding carboxylic acids is 1. The molecule has 1 aromatic carbocycles. The monoisotopic (exact) mass is 235 g/mol. The summed E-state index contributed by atoms with van der Waals surface area (Å²) in [5.74, 6) is 5.41. The molecular formula is C13H21N3O. The molecule has 4 nitrogen and oxygen atoms in total. The van der Waals surface area contributed by atoms with E-state index in [4.69, 9.17) is 5.84 Å². The van der Waals surface area contributed by atoms with E-state index in [0.29, 0.717) is 5.56 Å². The molecule has 0 spiro atoms. The molecule has 0 radical (unpaired) electrons. The van der Waals surface area contributed by atoms with Gasteiger partial charge in [-0.3, -0.25) is 10.6 Å². The van der Waals surface area contributed by atoms with E-state index in [0.717, 1.165) is 11.3 Å². The normalized spacial score (nSPS) is 11.2. The van der Waals surface area contributed by atoms with E-state index < -0.39 is 0 Å². The van der Waals surface area contributed by atoms with Crippen molar-refractivity contribution in [3.63, 3.8) is 0 Å². The van der Waals surface area contributed by atoms with E-state index in [9.17, 15) is 4.79 Å². The summed E-state index contributed by atoms with van der Waals surface area (Å²) in [6, 6.07) is 5.65. The van der Waals surface area contributed by atoms with Crippen molar-refractivity contribution in [2.75, 3.05) is 19.5 Å². The lowest BCUT2D eigenvalue weighted by atomic mass is 9.85. The summed E-state index contributed by atoms with van der Waals surface area (Å²) in [5.41, 5.74) is 5.07. The summed E-state index contributed by atoms with van der Waals surface area (Å²) in [4.78, 5) is 13.5. The summed E-state index contributed by atoms with van der Waals surface area (Å²) >= 11 is 0. The Morgan fingerprint density at radius 3 is 2.24 bits per heavy atom. The molecule has 1 amide bonds. The molecule has 0 aromatic heterocycles. The number of nitrogens with two attached hydrogens (primary N) is 1. The number of hydrogen-bond acceptors (Lipinski definition) is 3. The first-order valence-corrected chi connectivity index (χ1v) is 5.59. The zero-order valence-electron chi connectivity index (χ0n) is 11.2. The van der Waals surface area contributed by atoms with Gasteiger partial charge in [0.1, 0.15) is 0 Å². The van der Waals surface area contributed by atoms with Crippen LogP contribution in [0.2, 0.25) is 0 Å². The number of benzene rings is 1. The van der Waals surface area contributed by atoms with Gasteiger partial charge in [0.15, 0.2) is 0 Å². The molecule has 0 fully saturated rings. The van der Waals surface area contributed by atoms with Crippen molar-refractivity contribution >= 4 is 11.6 Å². The van der Waals surface area contributed by atoms with E-state index in [2.05, 4.69) is 26.2 Å². The molecule has 0 aliphatic rings. The van der Waals surface area contributed by atoms with Crippen molar-refractivity contribution in [2.45, 2.75) is 26.2 Å². The van der Waals surface area contributed by atoms with Crippen LogP contribution in [0.3, 0.4) is 0 Å². The predicted molar refractivity (Wildman–Crippen MR) is 71.0 cm³/mol. The molecule has 1 rings (SSSR count). The first-order valence-electron chi connectivity index (χ1n) is 5.59. The molecule has 1 aromatic rings. The first-order chi connectivity index (χ1) is 7.75. The highest BCUT2D eigenvalue weighted by molar-refractivity contribution is 5.95. The highest BCUT2D eigenvalue weighted by atomic mass is 16.2. The summed E-state index contributed by atoms with van der Waals surface area (Å²) in [5, 5.41) is 0. The number of hydrogen-bond donors (Lipinski definition) is 2. The van der Waals surface area contributed by atoms with Gasteiger partial charge in [0, 0.05) is 25.3 Å². The molecular weight excluding hydrogens is 214 g/mol. The standard InChI is InChI=1S/C13H21N3O/c1-13(2,3)10-6-9(12(17)16(4)5)7-11(8-10)15-14/h6-8,15H,14H2,1-5H3. The third-order valence-corrected chi connectivity index (χ3v) is 2.62. The lowest BCUT2D eigenvalue weighted by Crippen LogP contribution is -2.23. The quantitative estimate of drug-likeness (QED) is 0.608. The zero-order valence-corrected chi connectivity index (χ0v) is 11.2. The molecule has 0 aliphatic heterocycles. The van der Waals surface area contributed by atoms with Gasteiger partial charge in [0.25, 0.3) is 5.91 Å². The molecule has 0 heterocycles. The summed E-state index contributed by atoms with van der Waals surface area (Å²) in [6.45, 7) is 6.31. The Kier molecular flexibility index (Phi) is 3.78. The third kappa shape index (κ3) is 3.20. The average Bonchev–Trinajstić information content (AvgIpc) is 2.26. The molecule has 0 aliphatic carbocycles.